The first-order chi connectivity index (χ1) is 13.6. The smallest absolute Gasteiger partial charge is 0.341 e. The van der Waals surface area contributed by atoms with Crippen molar-refractivity contribution in [2.24, 2.45) is 0 Å². The molecule has 0 bridgehead atoms. The van der Waals surface area contributed by atoms with Crippen LogP contribution in [0.1, 0.15) is 56.9 Å². The molecule has 2 rings (SSSR count). The highest BCUT2D eigenvalue weighted by molar-refractivity contribution is 5.99. The van der Waals surface area contributed by atoms with Gasteiger partial charge in [0.05, 0.1) is 22.7 Å². The van der Waals surface area contributed by atoms with Gasteiger partial charge in [-0.05, 0) is 33.6 Å². The molecule has 7 nitrogen and oxygen atoms in total. The van der Waals surface area contributed by atoms with Gasteiger partial charge in [0.25, 0.3) is 0 Å². The minimum atomic E-state index is -1.48. The van der Waals surface area contributed by atoms with E-state index in [1.165, 1.54) is 4.57 Å². The van der Waals surface area contributed by atoms with Crippen molar-refractivity contribution >= 4 is 28.2 Å². The van der Waals surface area contributed by atoms with Crippen molar-refractivity contribution in [3.63, 3.8) is 0 Å². The molecule has 0 aliphatic heterocycles. The third-order valence-corrected chi connectivity index (χ3v) is 4.76. The molecule has 1 aromatic carbocycles. The molecule has 0 aliphatic rings. The van der Waals surface area contributed by atoms with E-state index in [-0.39, 0.29) is 24.2 Å². The van der Waals surface area contributed by atoms with E-state index in [1.807, 2.05) is 20.8 Å². The number of fused-ring (bicyclic) bond motifs is 1. The molecule has 1 unspecified atom stereocenters. The van der Waals surface area contributed by atoms with Gasteiger partial charge in [0, 0.05) is 25.4 Å². The molecule has 0 fully saturated rings. The standard InChI is InChI=1S/C20H27F2N3O4/c1-5-11(4)25-9-12(20(27)28)19(26)13-16(23)14(21)17(15(22)18(13)25)24-7-6-8-29-10(2)3/h9-11,24H,5-8,23H2,1-4H3,(H,27,28). The van der Waals surface area contributed by atoms with E-state index in [4.69, 9.17) is 10.5 Å². The Hall–Kier alpha value is -2.68. The van der Waals surface area contributed by atoms with Crippen LogP contribution in [0.3, 0.4) is 0 Å². The van der Waals surface area contributed by atoms with Gasteiger partial charge in [-0.1, -0.05) is 6.92 Å². The average molecular weight is 411 g/mol. The number of nitrogens with two attached hydrogens (primary N) is 1. The van der Waals surface area contributed by atoms with Crippen molar-refractivity contribution in [3.05, 3.63) is 33.6 Å². The Morgan fingerprint density at radius 3 is 2.52 bits per heavy atom. The Labute approximate surface area is 167 Å². The molecule has 0 amide bonds. The number of aromatic carboxylic acids is 1. The average Bonchev–Trinajstić information content (AvgIpc) is 2.66. The molecular weight excluding hydrogens is 384 g/mol. The summed E-state index contributed by atoms with van der Waals surface area (Å²) >= 11 is 0. The molecule has 2 aromatic rings. The highest BCUT2D eigenvalue weighted by Crippen LogP contribution is 2.34. The van der Waals surface area contributed by atoms with Crippen LogP contribution in [0, 0.1) is 11.6 Å². The van der Waals surface area contributed by atoms with Gasteiger partial charge < -0.3 is 25.5 Å². The van der Waals surface area contributed by atoms with E-state index in [1.54, 1.807) is 6.92 Å². The number of carboxylic acids is 1. The van der Waals surface area contributed by atoms with Crippen LogP contribution in [0.2, 0.25) is 0 Å². The lowest BCUT2D eigenvalue weighted by Gasteiger charge is -2.21. The topological polar surface area (TPSA) is 107 Å². The molecule has 29 heavy (non-hydrogen) atoms. The number of ether oxygens (including phenoxy) is 1. The second-order valence-electron chi connectivity index (χ2n) is 7.18. The number of hydrogen-bond acceptors (Lipinski definition) is 5. The predicted octanol–water partition coefficient (Wildman–Crippen LogP) is 3.76. The van der Waals surface area contributed by atoms with Crippen LogP contribution in [-0.4, -0.2) is 34.9 Å². The zero-order valence-corrected chi connectivity index (χ0v) is 17.0. The monoisotopic (exact) mass is 411 g/mol. The van der Waals surface area contributed by atoms with E-state index < -0.39 is 45.4 Å². The number of anilines is 2. The van der Waals surface area contributed by atoms with Gasteiger partial charge >= 0.3 is 5.97 Å². The van der Waals surface area contributed by atoms with Gasteiger partial charge in [-0.15, -0.1) is 0 Å². The first-order valence-electron chi connectivity index (χ1n) is 9.55. The minimum Gasteiger partial charge on any atom is -0.477 e. The summed E-state index contributed by atoms with van der Waals surface area (Å²) in [5, 5.41) is 11.6. The molecule has 160 valence electrons. The van der Waals surface area contributed by atoms with E-state index >= 15 is 4.39 Å². The fourth-order valence-electron chi connectivity index (χ4n) is 3.02. The lowest BCUT2D eigenvalue weighted by atomic mass is 10.1. The molecule has 4 N–H and O–H groups in total. The largest absolute Gasteiger partial charge is 0.477 e. The molecule has 0 radical (unpaired) electrons. The number of halogens is 2. The highest BCUT2D eigenvalue weighted by Gasteiger charge is 2.26. The van der Waals surface area contributed by atoms with E-state index in [9.17, 15) is 19.1 Å². The Bertz CT molecular complexity index is 973. The van der Waals surface area contributed by atoms with Gasteiger partial charge in [0.2, 0.25) is 5.43 Å². The molecule has 0 saturated carbocycles. The summed E-state index contributed by atoms with van der Waals surface area (Å²) < 4.78 is 36.9. The maximum absolute atomic E-state index is 15.3. The molecule has 0 spiro atoms. The van der Waals surface area contributed by atoms with Crippen LogP contribution in [-0.2, 0) is 4.74 Å². The summed E-state index contributed by atoms with van der Waals surface area (Å²) in [7, 11) is 0. The van der Waals surface area contributed by atoms with Crippen LogP contribution < -0.4 is 16.5 Å². The molecule has 1 atom stereocenters. The van der Waals surface area contributed by atoms with Gasteiger partial charge in [0.15, 0.2) is 11.6 Å². The molecule has 0 aliphatic carbocycles. The fourth-order valence-corrected chi connectivity index (χ4v) is 3.02. The van der Waals surface area contributed by atoms with E-state index in [0.29, 0.717) is 19.4 Å². The van der Waals surface area contributed by atoms with Gasteiger partial charge in [0.1, 0.15) is 11.3 Å². The number of carbonyl (C=O) groups is 1. The Balaban J connectivity index is 2.64. The Morgan fingerprint density at radius 1 is 1.31 bits per heavy atom. The molecule has 0 saturated heterocycles. The number of aromatic nitrogens is 1. The number of carboxylic acid groups (broad SMARTS) is 1. The summed E-state index contributed by atoms with van der Waals surface area (Å²) in [4.78, 5) is 24.0. The minimum absolute atomic E-state index is 0.0492. The van der Waals surface area contributed by atoms with Crippen LogP contribution in [0.4, 0.5) is 20.2 Å². The summed E-state index contributed by atoms with van der Waals surface area (Å²) in [6.07, 6.45) is 2.17. The van der Waals surface area contributed by atoms with Crippen molar-refractivity contribution in [1.82, 2.24) is 4.57 Å². The second-order valence-corrected chi connectivity index (χ2v) is 7.18. The van der Waals surface area contributed by atoms with Crippen LogP contribution in [0.5, 0.6) is 0 Å². The van der Waals surface area contributed by atoms with Gasteiger partial charge in [-0.2, -0.15) is 0 Å². The van der Waals surface area contributed by atoms with Crippen molar-refractivity contribution in [2.75, 3.05) is 24.2 Å². The normalized spacial score (nSPS) is 12.5. The molecule has 9 heteroatoms. The second kappa shape index (κ2) is 9.21. The van der Waals surface area contributed by atoms with Gasteiger partial charge in [-0.3, -0.25) is 4.79 Å². The summed E-state index contributed by atoms with van der Waals surface area (Å²) in [6, 6.07) is -0.345. The first kappa shape index (κ1) is 22.6. The van der Waals surface area contributed by atoms with E-state index in [0.717, 1.165) is 6.20 Å². The maximum Gasteiger partial charge on any atom is 0.341 e. The van der Waals surface area contributed by atoms with Crippen LogP contribution >= 0.6 is 0 Å². The van der Waals surface area contributed by atoms with Crippen molar-refractivity contribution < 1.29 is 23.4 Å². The van der Waals surface area contributed by atoms with Crippen molar-refractivity contribution in [2.45, 2.75) is 52.7 Å². The number of nitrogen functional groups attached to an aromatic ring is 1. The number of nitrogens with zero attached hydrogens (tertiary/aromatic N) is 1. The third-order valence-electron chi connectivity index (χ3n) is 4.76. The number of rotatable bonds is 9. The Kier molecular flexibility index (Phi) is 7.18. The fraction of sp³-hybridized carbons (Fsp3) is 0.500. The van der Waals surface area contributed by atoms with Crippen molar-refractivity contribution in [3.8, 4) is 0 Å². The van der Waals surface area contributed by atoms with E-state index in [2.05, 4.69) is 5.32 Å². The maximum atomic E-state index is 15.3. The molecule has 1 heterocycles. The zero-order valence-electron chi connectivity index (χ0n) is 17.0. The summed E-state index contributed by atoms with van der Waals surface area (Å²) in [5.74, 6) is -3.58. The molecular formula is C20H27F2N3O4. The summed E-state index contributed by atoms with van der Waals surface area (Å²) in [6.45, 7) is 7.98. The van der Waals surface area contributed by atoms with Crippen molar-refractivity contribution in [1.29, 1.82) is 0 Å². The number of hydrogen-bond donors (Lipinski definition) is 3. The number of benzene rings is 1. The Morgan fingerprint density at radius 2 is 1.97 bits per heavy atom. The number of nitrogens with one attached hydrogen (secondary N) is 1. The number of pyridine rings is 1. The molecule has 1 aromatic heterocycles. The van der Waals surface area contributed by atoms with Crippen LogP contribution in [0.15, 0.2) is 11.0 Å². The first-order valence-corrected chi connectivity index (χ1v) is 9.55. The lowest BCUT2D eigenvalue weighted by molar-refractivity contribution is 0.0694. The lowest BCUT2D eigenvalue weighted by Crippen LogP contribution is -2.23. The third kappa shape index (κ3) is 4.50. The SMILES string of the molecule is CCC(C)n1cc(C(=O)O)c(=O)c2c(N)c(F)c(NCCCOC(C)C)c(F)c21. The summed E-state index contributed by atoms with van der Waals surface area (Å²) in [5.41, 5.74) is 2.99. The predicted molar refractivity (Wildman–Crippen MR) is 109 cm³/mol. The van der Waals surface area contributed by atoms with Crippen LogP contribution in [0.25, 0.3) is 10.9 Å². The highest BCUT2D eigenvalue weighted by atomic mass is 19.1. The zero-order chi connectivity index (χ0) is 21.9. The quantitative estimate of drug-likeness (QED) is 0.429. The van der Waals surface area contributed by atoms with Gasteiger partial charge in [-0.25, -0.2) is 13.6 Å².